The third kappa shape index (κ3) is 2.13. The topological polar surface area (TPSA) is 105 Å². The number of nitrogens with zero attached hydrogens (tertiary/aromatic N) is 1. The largest absolute Gasteiger partial charge is 0.397 e. The molecule has 2 amide bonds. The number of benzene rings is 1. The SMILES string of the molecule is CN(CC(N)=O)C(=O)c1cc2cccc(N)c2[nH]1. The molecule has 5 N–H and O–H groups in total. The van der Waals surface area contributed by atoms with E-state index in [1.54, 1.807) is 12.1 Å². The van der Waals surface area contributed by atoms with E-state index in [-0.39, 0.29) is 12.5 Å². The van der Waals surface area contributed by atoms with Crippen LogP contribution in [0.15, 0.2) is 24.3 Å². The number of nitrogens with one attached hydrogen (secondary N) is 1. The standard InChI is InChI=1S/C12H14N4O2/c1-16(6-10(14)17)12(18)9-5-7-3-2-4-8(13)11(7)15-9/h2-5,15H,6,13H2,1H3,(H2,14,17). The summed E-state index contributed by atoms with van der Waals surface area (Å²) in [5.74, 6) is -0.856. The summed E-state index contributed by atoms with van der Waals surface area (Å²) in [5.41, 5.74) is 12.5. The molecular formula is C12H14N4O2. The lowest BCUT2D eigenvalue weighted by molar-refractivity contribution is -0.118. The van der Waals surface area contributed by atoms with Gasteiger partial charge in [0, 0.05) is 12.4 Å². The van der Waals surface area contributed by atoms with Crippen molar-refractivity contribution in [3.63, 3.8) is 0 Å². The first-order valence-electron chi connectivity index (χ1n) is 5.40. The number of nitrogens with two attached hydrogens (primary N) is 2. The highest BCUT2D eigenvalue weighted by Gasteiger charge is 2.16. The van der Waals surface area contributed by atoms with Crippen molar-refractivity contribution >= 4 is 28.4 Å². The van der Waals surface area contributed by atoms with Gasteiger partial charge in [-0.2, -0.15) is 0 Å². The van der Waals surface area contributed by atoms with Gasteiger partial charge in [0.15, 0.2) is 0 Å². The van der Waals surface area contributed by atoms with Gasteiger partial charge < -0.3 is 21.4 Å². The maximum absolute atomic E-state index is 12.0. The number of likely N-dealkylation sites (N-methyl/N-ethyl adjacent to an activating group) is 1. The Bertz CT molecular complexity index is 618. The molecule has 0 spiro atoms. The first kappa shape index (κ1) is 12.0. The molecule has 6 heteroatoms. The Balaban J connectivity index is 2.34. The molecule has 0 fully saturated rings. The normalized spacial score (nSPS) is 10.5. The summed E-state index contributed by atoms with van der Waals surface area (Å²) < 4.78 is 0. The maximum Gasteiger partial charge on any atom is 0.270 e. The molecule has 0 saturated carbocycles. The highest BCUT2D eigenvalue weighted by Crippen LogP contribution is 2.21. The average molecular weight is 246 g/mol. The molecule has 2 rings (SSSR count). The fraction of sp³-hybridized carbons (Fsp3) is 0.167. The molecule has 0 atom stereocenters. The van der Waals surface area contributed by atoms with E-state index in [4.69, 9.17) is 11.5 Å². The number of carbonyl (C=O) groups excluding carboxylic acids is 2. The monoisotopic (exact) mass is 246 g/mol. The molecule has 1 aromatic carbocycles. The summed E-state index contributed by atoms with van der Waals surface area (Å²) >= 11 is 0. The van der Waals surface area contributed by atoms with Crippen LogP contribution in [0, 0.1) is 0 Å². The van der Waals surface area contributed by atoms with E-state index >= 15 is 0 Å². The lowest BCUT2D eigenvalue weighted by atomic mass is 10.2. The minimum atomic E-state index is -0.554. The van der Waals surface area contributed by atoms with Crippen LogP contribution in [0.4, 0.5) is 5.69 Å². The summed E-state index contributed by atoms with van der Waals surface area (Å²) in [6, 6.07) is 7.12. The molecule has 0 aliphatic carbocycles. The smallest absolute Gasteiger partial charge is 0.270 e. The third-order valence-electron chi connectivity index (χ3n) is 2.66. The zero-order chi connectivity index (χ0) is 13.3. The number of fused-ring (bicyclic) bond motifs is 1. The second-order valence-corrected chi connectivity index (χ2v) is 4.12. The lowest BCUT2D eigenvalue weighted by Gasteiger charge is -2.13. The molecule has 0 bridgehead atoms. The zero-order valence-electron chi connectivity index (χ0n) is 9.93. The first-order valence-corrected chi connectivity index (χ1v) is 5.40. The quantitative estimate of drug-likeness (QED) is 0.678. The highest BCUT2D eigenvalue weighted by molar-refractivity contribution is 6.01. The average Bonchev–Trinajstić information content (AvgIpc) is 2.72. The number of amides is 2. The van der Waals surface area contributed by atoms with E-state index in [0.717, 1.165) is 5.39 Å². The number of hydrogen-bond donors (Lipinski definition) is 3. The molecule has 0 aliphatic rings. The number of aromatic nitrogens is 1. The summed E-state index contributed by atoms with van der Waals surface area (Å²) in [4.78, 5) is 27.0. The van der Waals surface area contributed by atoms with Gasteiger partial charge in [-0.15, -0.1) is 0 Å². The number of H-pyrrole nitrogens is 1. The van der Waals surface area contributed by atoms with Crippen LogP contribution >= 0.6 is 0 Å². The summed E-state index contributed by atoms with van der Waals surface area (Å²) in [5, 5.41) is 0.853. The second-order valence-electron chi connectivity index (χ2n) is 4.12. The summed E-state index contributed by atoms with van der Waals surface area (Å²) in [6.07, 6.45) is 0. The molecule has 0 radical (unpaired) electrons. The van der Waals surface area contributed by atoms with Gasteiger partial charge in [0.1, 0.15) is 5.69 Å². The predicted octanol–water partition coefficient (Wildman–Crippen LogP) is 0.307. The number of aromatic amines is 1. The predicted molar refractivity (Wildman–Crippen MR) is 68.9 cm³/mol. The molecule has 94 valence electrons. The number of nitrogen functional groups attached to an aromatic ring is 1. The molecule has 0 saturated heterocycles. The number of para-hydroxylation sites is 1. The number of anilines is 1. The molecule has 0 aliphatic heterocycles. The number of primary amides is 1. The molecule has 18 heavy (non-hydrogen) atoms. The minimum absolute atomic E-state index is 0.121. The van der Waals surface area contributed by atoms with Crippen LogP contribution in [0.2, 0.25) is 0 Å². The molecule has 2 aromatic rings. The second kappa shape index (κ2) is 4.40. The van der Waals surface area contributed by atoms with Gasteiger partial charge in [-0.1, -0.05) is 12.1 Å². The lowest BCUT2D eigenvalue weighted by Crippen LogP contribution is -2.35. The zero-order valence-corrected chi connectivity index (χ0v) is 9.93. The maximum atomic E-state index is 12.0. The van der Waals surface area contributed by atoms with Gasteiger partial charge in [-0.3, -0.25) is 9.59 Å². The third-order valence-corrected chi connectivity index (χ3v) is 2.66. The van der Waals surface area contributed by atoms with Gasteiger partial charge in [0.25, 0.3) is 5.91 Å². The van der Waals surface area contributed by atoms with Crippen LogP contribution < -0.4 is 11.5 Å². The van der Waals surface area contributed by atoms with Crippen LogP contribution in [-0.4, -0.2) is 35.3 Å². The van der Waals surface area contributed by atoms with E-state index in [0.29, 0.717) is 16.9 Å². The van der Waals surface area contributed by atoms with Gasteiger partial charge >= 0.3 is 0 Å². The van der Waals surface area contributed by atoms with E-state index in [1.807, 2.05) is 12.1 Å². The Hall–Kier alpha value is -2.50. The summed E-state index contributed by atoms with van der Waals surface area (Å²) in [7, 11) is 1.52. The first-order chi connectivity index (χ1) is 8.49. The number of carbonyl (C=O) groups is 2. The molecule has 1 heterocycles. The van der Waals surface area contributed by atoms with E-state index in [9.17, 15) is 9.59 Å². The molecule has 1 aromatic heterocycles. The Morgan fingerprint density at radius 1 is 1.39 bits per heavy atom. The number of hydrogen-bond acceptors (Lipinski definition) is 3. The van der Waals surface area contributed by atoms with Crippen LogP contribution in [0.1, 0.15) is 10.5 Å². The Kier molecular flexibility index (Phi) is 2.93. The van der Waals surface area contributed by atoms with Crippen LogP contribution in [0.5, 0.6) is 0 Å². The number of rotatable bonds is 3. The highest BCUT2D eigenvalue weighted by atomic mass is 16.2. The van der Waals surface area contributed by atoms with Gasteiger partial charge in [-0.05, 0) is 12.1 Å². The van der Waals surface area contributed by atoms with Crippen molar-refractivity contribution in [2.75, 3.05) is 19.3 Å². The molecule has 6 nitrogen and oxygen atoms in total. The molecular weight excluding hydrogens is 232 g/mol. The van der Waals surface area contributed by atoms with Crippen LogP contribution in [-0.2, 0) is 4.79 Å². The fourth-order valence-corrected chi connectivity index (χ4v) is 1.81. The van der Waals surface area contributed by atoms with E-state index < -0.39 is 5.91 Å². The Labute approximate surface area is 104 Å². The van der Waals surface area contributed by atoms with Crippen molar-refractivity contribution in [2.45, 2.75) is 0 Å². The van der Waals surface area contributed by atoms with Crippen molar-refractivity contribution in [1.29, 1.82) is 0 Å². The van der Waals surface area contributed by atoms with Crippen molar-refractivity contribution in [3.8, 4) is 0 Å². The van der Waals surface area contributed by atoms with Crippen LogP contribution in [0.3, 0.4) is 0 Å². The van der Waals surface area contributed by atoms with Crippen molar-refractivity contribution in [2.24, 2.45) is 5.73 Å². The Morgan fingerprint density at radius 3 is 2.72 bits per heavy atom. The minimum Gasteiger partial charge on any atom is -0.397 e. The van der Waals surface area contributed by atoms with E-state index in [2.05, 4.69) is 4.98 Å². The fourth-order valence-electron chi connectivity index (χ4n) is 1.81. The van der Waals surface area contributed by atoms with E-state index in [1.165, 1.54) is 11.9 Å². The van der Waals surface area contributed by atoms with Gasteiger partial charge in [-0.25, -0.2) is 0 Å². The van der Waals surface area contributed by atoms with Gasteiger partial charge in [0.2, 0.25) is 5.91 Å². The summed E-state index contributed by atoms with van der Waals surface area (Å²) in [6.45, 7) is -0.121. The van der Waals surface area contributed by atoms with Crippen LogP contribution in [0.25, 0.3) is 10.9 Å². The Morgan fingerprint density at radius 2 is 2.11 bits per heavy atom. The van der Waals surface area contributed by atoms with Crippen molar-refractivity contribution < 1.29 is 9.59 Å². The van der Waals surface area contributed by atoms with Crippen molar-refractivity contribution in [1.82, 2.24) is 9.88 Å². The molecule has 0 unspecified atom stereocenters. The van der Waals surface area contributed by atoms with Crippen molar-refractivity contribution in [3.05, 3.63) is 30.0 Å². The van der Waals surface area contributed by atoms with Gasteiger partial charge in [0.05, 0.1) is 17.7 Å².